The molecular formula is C36H38ClN5O2S2. The number of hydrogen-bond acceptors (Lipinski definition) is 6. The lowest BCUT2D eigenvalue weighted by Gasteiger charge is -2.12. The summed E-state index contributed by atoms with van der Waals surface area (Å²) in [6, 6.07) is 19.2. The Balaban J connectivity index is 1.35. The topological polar surface area (TPSA) is 70.0 Å². The molecule has 0 fully saturated rings. The summed E-state index contributed by atoms with van der Waals surface area (Å²) in [6.45, 7) is 5.59. The van der Waals surface area contributed by atoms with Gasteiger partial charge in [0, 0.05) is 81.8 Å². The van der Waals surface area contributed by atoms with Crippen molar-refractivity contribution >= 4 is 56.8 Å². The zero-order valence-corrected chi connectivity index (χ0v) is 29.0. The van der Waals surface area contributed by atoms with Gasteiger partial charge in [-0.1, -0.05) is 41.9 Å². The molecule has 0 saturated heterocycles. The van der Waals surface area contributed by atoms with Gasteiger partial charge in [-0.2, -0.15) is 10.2 Å². The summed E-state index contributed by atoms with van der Waals surface area (Å²) in [4.78, 5) is 1.17. The molecule has 3 aromatic heterocycles. The summed E-state index contributed by atoms with van der Waals surface area (Å²) in [7, 11) is 4.03. The maximum atomic E-state index is 10.6. The van der Waals surface area contributed by atoms with E-state index in [9.17, 15) is 5.11 Å². The number of halogens is 1. The summed E-state index contributed by atoms with van der Waals surface area (Å²) in [6.07, 6.45) is 1.58. The number of aliphatic hydroxyl groups is 1. The van der Waals surface area contributed by atoms with E-state index in [2.05, 4.69) is 71.6 Å². The molecule has 0 spiro atoms. The number of rotatable bonds is 2. The number of fused-ring (bicyclic) bond motifs is 8. The quantitative estimate of drug-likeness (QED) is 0.199. The summed E-state index contributed by atoms with van der Waals surface area (Å²) in [5.41, 5.74) is 9.50. The van der Waals surface area contributed by atoms with E-state index in [4.69, 9.17) is 26.5 Å². The number of ether oxygens (including phenoxy) is 1. The Labute approximate surface area is 282 Å². The van der Waals surface area contributed by atoms with Gasteiger partial charge in [0.25, 0.3) is 0 Å². The molecular weight excluding hydrogens is 634 g/mol. The highest BCUT2D eigenvalue weighted by Gasteiger charge is 2.25. The van der Waals surface area contributed by atoms with Crippen LogP contribution in [0.3, 0.4) is 0 Å². The van der Waals surface area contributed by atoms with Crippen LogP contribution in [0.2, 0.25) is 5.02 Å². The van der Waals surface area contributed by atoms with E-state index in [-0.39, 0.29) is 6.61 Å². The van der Waals surface area contributed by atoms with Gasteiger partial charge in [-0.25, -0.2) is 0 Å². The lowest BCUT2D eigenvalue weighted by Crippen LogP contribution is -2.03. The number of aliphatic hydroxyl groups excluding tert-OH is 1. The summed E-state index contributed by atoms with van der Waals surface area (Å²) in [5, 5.41) is 24.6. The van der Waals surface area contributed by atoms with Crippen molar-refractivity contribution in [3.8, 4) is 16.9 Å². The third-order valence-corrected chi connectivity index (χ3v) is 11.4. The van der Waals surface area contributed by atoms with E-state index in [1.165, 1.54) is 16.0 Å². The normalized spacial score (nSPS) is 14.4. The molecule has 0 atom stereocenters. The van der Waals surface area contributed by atoms with E-state index in [1.807, 2.05) is 36.6 Å². The van der Waals surface area contributed by atoms with Gasteiger partial charge in [-0.15, -0.1) is 23.5 Å². The van der Waals surface area contributed by atoms with E-state index >= 15 is 0 Å². The average Bonchev–Trinajstić information content (AvgIpc) is 3.68. The van der Waals surface area contributed by atoms with Crippen LogP contribution in [0.25, 0.3) is 32.8 Å². The van der Waals surface area contributed by atoms with Crippen molar-refractivity contribution in [3.05, 3.63) is 93.7 Å². The molecule has 10 heteroatoms. The lowest BCUT2D eigenvalue weighted by atomic mass is 9.98. The van der Waals surface area contributed by atoms with Crippen molar-refractivity contribution in [1.29, 1.82) is 0 Å². The van der Waals surface area contributed by atoms with E-state index in [0.29, 0.717) is 11.6 Å². The van der Waals surface area contributed by atoms with E-state index in [0.717, 1.165) is 98.1 Å². The van der Waals surface area contributed by atoms with Crippen molar-refractivity contribution in [2.45, 2.75) is 62.0 Å². The maximum absolute atomic E-state index is 10.6. The summed E-state index contributed by atoms with van der Waals surface area (Å²) >= 11 is 10.7. The van der Waals surface area contributed by atoms with Crippen molar-refractivity contribution < 1.29 is 9.84 Å². The monoisotopic (exact) mass is 671 g/mol. The number of hydrogen-bond donors (Lipinski definition) is 1. The molecule has 1 aliphatic heterocycles. The number of benzene rings is 3. The second-order valence-electron chi connectivity index (χ2n) is 11.8. The molecule has 46 heavy (non-hydrogen) atoms. The van der Waals surface area contributed by atoms with Crippen molar-refractivity contribution in [3.63, 3.8) is 0 Å². The zero-order chi connectivity index (χ0) is 31.9. The molecule has 8 bridgehead atoms. The first-order chi connectivity index (χ1) is 22.4. The van der Waals surface area contributed by atoms with Crippen molar-refractivity contribution in [2.75, 3.05) is 6.61 Å². The summed E-state index contributed by atoms with van der Waals surface area (Å²) in [5.74, 6) is 3.25. The van der Waals surface area contributed by atoms with Gasteiger partial charge < -0.3 is 14.4 Å². The van der Waals surface area contributed by atoms with Crippen LogP contribution in [0.5, 0.6) is 5.75 Å². The molecule has 3 aromatic carbocycles. The SMILES string of the molecule is CCn1nc2cc1CSCc1nn(C)c(C)c1-c1c(Cl)ccc3c(c(CO)n(C)c13)CCCOc1cc(cc3ccccc13)SC2. The fraction of sp³-hybridized carbons (Fsp3) is 0.333. The fourth-order valence-corrected chi connectivity index (χ4v) is 8.78. The molecule has 238 valence electrons. The molecule has 0 aliphatic carbocycles. The Hall–Kier alpha value is -3.37. The molecule has 7 nitrogen and oxygen atoms in total. The molecule has 0 saturated carbocycles. The number of thioether (sulfide) groups is 2. The maximum Gasteiger partial charge on any atom is 0.128 e. The lowest BCUT2D eigenvalue weighted by molar-refractivity contribution is 0.271. The molecule has 0 amide bonds. The number of aromatic nitrogens is 5. The first-order valence-electron chi connectivity index (χ1n) is 15.7. The summed E-state index contributed by atoms with van der Waals surface area (Å²) < 4.78 is 12.7. The number of aryl methyl sites for hydroxylation is 4. The molecule has 0 radical (unpaired) electrons. The second-order valence-corrected chi connectivity index (χ2v) is 14.3. The minimum atomic E-state index is -0.0514. The highest BCUT2D eigenvalue weighted by atomic mass is 35.5. The Bertz CT molecular complexity index is 2080. The van der Waals surface area contributed by atoms with Gasteiger partial charge in [0.15, 0.2) is 0 Å². The highest BCUT2D eigenvalue weighted by Crippen LogP contribution is 2.43. The van der Waals surface area contributed by atoms with Crippen LogP contribution >= 0.6 is 35.1 Å². The van der Waals surface area contributed by atoms with Crippen LogP contribution in [-0.4, -0.2) is 35.8 Å². The van der Waals surface area contributed by atoms with Crippen molar-refractivity contribution in [1.82, 2.24) is 24.1 Å². The van der Waals surface area contributed by atoms with Gasteiger partial charge in [0.05, 0.1) is 35.1 Å². The minimum absolute atomic E-state index is 0.0514. The van der Waals surface area contributed by atoms with Crippen LogP contribution < -0.4 is 4.74 Å². The van der Waals surface area contributed by atoms with Crippen LogP contribution in [0.1, 0.15) is 47.4 Å². The van der Waals surface area contributed by atoms with Gasteiger partial charge in [0.2, 0.25) is 0 Å². The minimum Gasteiger partial charge on any atom is -0.493 e. The Morgan fingerprint density at radius 3 is 2.65 bits per heavy atom. The van der Waals surface area contributed by atoms with E-state index < -0.39 is 0 Å². The second kappa shape index (κ2) is 13.0. The molecule has 0 unspecified atom stereocenters. The molecule has 1 N–H and O–H groups in total. The Kier molecular flexibility index (Phi) is 8.85. The molecule has 7 rings (SSSR count). The van der Waals surface area contributed by atoms with Gasteiger partial charge >= 0.3 is 0 Å². The van der Waals surface area contributed by atoms with E-state index in [1.54, 1.807) is 11.8 Å². The molecule has 4 heterocycles. The largest absolute Gasteiger partial charge is 0.493 e. The van der Waals surface area contributed by atoms with Crippen molar-refractivity contribution in [2.24, 2.45) is 14.1 Å². The first-order valence-corrected chi connectivity index (χ1v) is 18.2. The van der Waals surface area contributed by atoms with Crippen LogP contribution in [0.15, 0.2) is 59.5 Å². The van der Waals surface area contributed by atoms with Gasteiger partial charge in [-0.3, -0.25) is 9.36 Å². The van der Waals surface area contributed by atoms with Crippen LogP contribution in [0.4, 0.5) is 0 Å². The smallest absolute Gasteiger partial charge is 0.128 e. The Morgan fingerprint density at radius 1 is 0.978 bits per heavy atom. The molecule has 1 aliphatic rings. The highest BCUT2D eigenvalue weighted by molar-refractivity contribution is 7.98. The number of nitrogens with zero attached hydrogens (tertiary/aromatic N) is 5. The van der Waals surface area contributed by atoms with Crippen LogP contribution in [-0.2, 0) is 50.9 Å². The zero-order valence-electron chi connectivity index (χ0n) is 26.6. The predicted octanol–water partition coefficient (Wildman–Crippen LogP) is 8.45. The fourth-order valence-electron chi connectivity index (χ4n) is 6.74. The third-order valence-electron chi connectivity index (χ3n) is 9.06. The molecule has 6 aromatic rings. The first kappa shape index (κ1) is 31.2. The van der Waals surface area contributed by atoms with Gasteiger partial charge in [-0.05, 0) is 61.9 Å². The Morgan fingerprint density at radius 2 is 1.83 bits per heavy atom. The third kappa shape index (κ3) is 5.61. The van der Waals surface area contributed by atoms with Gasteiger partial charge in [0.1, 0.15) is 5.75 Å². The standard InChI is InChI=1S/C36H38ClN5O2S2/c1-5-42-25-16-24(38-42)19-46-26-15-23-9-6-7-10-27(23)33(17-26)44-14-8-11-28-29-12-13-30(37)35(36(29)40(3)32(28)18-43)34-22(2)41(4)39-31(34)21-45-20-25/h6-7,9-10,12-13,15-17,43H,5,8,11,14,18-21H2,1-4H3. The predicted molar refractivity (Wildman–Crippen MR) is 191 cm³/mol. The van der Waals surface area contributed by atoms with Crippen LogP contribution in [0, 0.1) is 6.92 Å². The average molecular weight is 672 g/mol.